The van der Waals surface area contributed by atoms with Crippen molar-refractivity contribution >= 4 is 44.8 Å². The number of nitrogens with zero attached hydrogens (tertiary/aromatic N) is 1. The first-order valence-corrected chi connectivity index (χ1v) is 13.5. The molecule has 0 amide bonds. The first kappa shape index (κ1) is 22.2. The van der Waals surface area contributed by atoms with E-state index in [-0.39, 0.29) is 0 Å². The van der Waals surface area contributed by atoms with Crippen LogP contribution < -0.4 is 5.32 Å². The van der Waals surface area contributed by atoms with Gasteiger partial charge in [-0.15, -0.1) is 0 Å². The second kappa shape index (κ2) is 8.62. The van der Waals surface area contributed by atoms with Gasteiger partial charge in [0, 0.05) is 44.0 Å². The Morgan fingerprint density at radius 3 is 1.90 bits per heavy atom. The molecular formula is C36H23ClN2. The summed E-state index contributed by atoms with van der Waals surface area (Å²) in [5.74, 6) is 0. The van der Waals surface area contributed by atoms with Crippen LogP contribution in [0, 0.1) is 0 Å². The van der Waals surface area contributed by atoms with Crippen LogP contribution in [0.5, 0.6) is 0 Å². The van der Waals surface area contributed by atoms with Gasteiger partial charge in [0.25, 0.3) is 0 Å². The van der Waals surface area contributed by atoms with E-state index in [9.17, 15) is 0 Å². The highest BCUT2D eigenvalue weighted by Crippen LogP contribution is 2.46. The predicted octanol–water partition coefficient (Wildman–Crippen LogP) is 10.5. The Hall–Kier alpha value is -4.79. The molecule has 6 aromatic carbocycles. The zero-order valence-electron chi connectivity index (χ0n) is 21.0. The van der Waals surface area contributed by atoms with E-state index in [1.54, 1.807) is 0 Å². The Bertz CT molecular complexity index is 2050. The maximum Gasteiger partial charge on any atom is 0.0541 e. The van der Waals surface area contributed by atoms with Crippen LogP contribution in [0.4, 0.5) is 11.4 Å². The third-order valence-corrected chi connectivity index (χ3v) is 8.03. The van der Waals surface area contributed by atoms with Crippen molar-refractivity contribution in [1.82, 2.24) is 4.57 Å². The number of hydrogen-bond donors (Lipinski definition) is 1. The van der Waals surface area contributed by atoms with Crippen LogP contribution in [0.1, 0.15) is 0 Å². The summed E-state index contributed by atoms with van der Waals surface area (Å²) in [5, 5.41) is 6.91. The van der Waals surface area contributed by atoms with Gasteiger partial charge < -0.3 is 9.88 Å². The molecule has 0 saturated carbocycles. The molecular weight excluding hydrogens is 496 g/mol. The molecule has 1 aromatic heterocycles. The summed E-state index contributed by atoms with van der Waals surface area (Å²) in [5.41, 5.74) is 12.8. The van der Waals surface area contributed by atoms with E-state index in [2.05, 4.69) is 131 Å². The molecule has 7 aromatic rings. The largest absolute Gasteiger partial charge is 0.355 e. The fraction of sp³-hybridized carbons (Fsp3) is 0. The van der Waals surface area contributed by atoms with Crippen molar-refractivity contribution < 1.29 is 0 Å². The number of para-hydroxylation sites is 2. The molecule has 0 atom stereocenters. The van der Waals surface area contributed by atoms with Gasteiger partial charge in [-0.25, -0.2) is 0 Å². The molecule has 0 bridgehead atoms. The molecule has 0 unspecified atom stereocenters. The van der Waals surface area contributed by atoms with Crippen molar-refractivity contribution in [3.05, 3.63) is 138 Å². The standard InChI is InChI=1S/C36H23ClN2/c37-25-16-18-34-31(22-25)28-11-5-4-10-27(28)30-20-23(14-17-33(30)38-34)24-15-19-36-32(21-24)29-12-6-7-13-35(29)39(36)26-8-2-1-3-9-26/h1-22,38H. The average molecular weight is 519 g/mol. The molecule has 2 heterocycles. The van der Waals surface area contributed by atoms with Crippen LogP contribution in [-0.4, -0.2) is 4.57 Å². The Labute approximate surface area is 231 Å². The third-order valence-electron chi connectivity index (χ3n) is 7.80. The topological polar surface area (TPSA) is 17.0 Å². The van der Waals surface area contributed by atoms with Crippen LogP contribution in [0.3, 0.4) is 0 Å². The molecule has 2 nitrogen and oxygen atoms in total. The van der Waals surface area contributed by atoms with Crippen LogP contribution in [0.2, 0.25) is 5.02 Å². The van der Waals surface area contributed by atoms with E-state index in [0.29, 0.717) is 0 Å². The highest BCUT2D eigenvalue weighted by molar-refractivity contribution is 6.31. The fourth-order valence-electron chi connectivity index (χ4n) is 6.01. The predicted molar refractivity (Wildman–Crippen MR) is 165 cm³/mol. The van der Waals surface area contributed by atoms with Gasteiger partial charge in [0.05, 0.1) is 11.0 Å². The number of anilines is 2. The van der Waals surface area contributed by atoms with Gasteiger partial charge >= 0.3 is 0 Å². The molecule has 8 rings (SSSR count). The summed E-state index contributed by atoms with van der Waals surface area (Å²) < 4.78 is 2.36. The van der Waals surface area contributed by atoms with Gasteiger partial charge in [0.1, 0.15) is 0 Å². The maximum atomic E-state index is 6.41. The number of halogens is 1. The first-order valence-electron chi connectivity index (χ1n) is 13.1. The molecule has 0 saturated heterocycles. The lowest BCUT2D eigenvalue weighted by Crippen LogP contribution is -1.93. The molecule has 184 valence electrons. The zero-order chi connectivity index (χ0) is 25.9. The van der Waals surface area contributed by atoms with E-state index in [0.717, 1.165) is 22.0 Å². The molecule has 0 spiro atoms. The summed E-state index contributed by atoms with van der Waals surface area (Å²) in [6.07, 6.45) is 0. The van der Waals surface area contributed by atoms with E-state index in [1.807, 2.05) is 12.1 Å². The van der Waals surface area contributed by atoms with Gasteiger partial charge in [-0.3, -0.25) is 0 Å². The van der Waals surface area contributed by atoms with Gasteiger partial charge in [0.15, 0.2) is 0 Å². The number of aromatic nitrogens is 1. The number of rotatable bonds is 2. The van der Waals surface area contributed by atoms with Gasteiger partial charge in [-0.05, 0) is 82.9 Å². The number of fused-ring (bicyclic) bond motifs is 8. The molecule has 3 heteroatoms. The number of benzene rings is 6. The van der Waals surface area contributed by atoms with Crippen molar-refractivity contribution in [3.63, 3.8) is 0 Å². The maximum absolute atomic E-state index is 6.41. The van der Waals surface area contributed by atoms with Crippen molar-refractivity contribution in [2.75, 3.05) is 5.32 Å². The first-order chi connectivity index (χ1) is 19.2. The van der Waals surface area contributed by atoms with Crippen molar-refractivity contribution in [2.24, 2.45) is 0 Å². The average Bonchev–Trinajstić information content (AvgIpc) is 3.25. The van der Waals surface area contributed by atoms with E-state index >= 15 is 0 Å². The highest BCUT2D eigenvalue weighted by atomic mass is 35.5. The Kier molecular flexibility index (Phi) is 4.91. The van der Waals surface area contributed by atoms with Crippen LogP contribution >= 0.6 is 11.6 Å². The number of nitrogens with one attached hydrogen (secondary N) is 1. The van der Waals surface area contributed by atoms with E-state index in [1.165, 1.54) is 55.3 Å². The minimum Gasteiger partial charge on any atom is -0.355 e. The van der Waals surface area contributed by atoms with Gasteiger partial charge in [0.2, 0.25) is 0 Å². The lowest BCUT2D eigenvalue weighted by Gasteiger charge is -2.13. The smallest absolute Gasteiger partial charge is 0.0541 e. The van der Waals surface area contributed by atoms with Gasteiger partial charge in [-0.2, -0.15) is 0 Å². The third kappa shape index (κ3) is 3.49. The Morgan fingerprint density at radius 1 is 0.462 bits per heavy atom. The molecule has 1 N–H and O–H groups in total. The molecule has 0 radical (unpaired) electrons. The molecule has 0 fully saturated rings. The second-order valence-electron chi connectivity index (χ2n) is 10.0. The highest BCUT2D eigenvalue weighted by Gasteiger charge is 2.20. The number of hydrogen-bond acceptors (Lipinski definition) is 1. The minimum absolute atomic E-state index is 0.736. The Balaban J connectivity index is 1.33. The summed E-state index contributed by atoms with van der Waals surface area (Å²) in [6, 6.07) is 47.4. The van der Waals surface area contributed by atoms with Crippen LogP contribution in [0.15, 0.2) is 133 Å². The minimum atomic E-state index is 0.736. The lowest BCUT2D eigenvalue weighted by molar-refractivity contribution is 1.18. The summed E-state index contributed by atoms with van der Waals surface area (Å²) in [4.78, 5) is 0. The van der Waals surface area contributed by atoms with Crippen molar-refractivity contribution in [1.29, 1.82) is 0 Å². The normalized spacial score (nSPS) is 11.9. The zero-order valence-corrected chi connectivity index (χ0v) is 21.8. The van der Waals surface area contributed by atoms with E-state index in [4.69, 9.17) is 11.6 Å². The fourth-order valence-corrected chi connectivity index (χ4v) is 6.18. The summed E-state index contributed by atoms with van der Waals surface area (Å²) >= 11 is 6.41. The summed E-state index contributed by atoms with van der Waals surface area (Å²) in [7, 11) is 0. The monoisotopic (exact) mass is 518 g/mol. The van der Waals surface area contributed by atoms with Crippen LogP contribution in [0.25, 0.3) is 60.9 Å². The SMILES string of the molecule is Clc1ccc2c(c1)-c1ccccc1-c1cc(-c3ccc4c(c3)c3ccccc3n4-c3ccccc3)ccc1N2. The second-order valence-corrected chi connectivity index (χ2v) is 10.5. The van der Waals surface area contributed by atoms with Gasteiger partial charge in [-0.1, -0.05) is 84.4 Å². The van der Waals surface area contributed by atoms with Crippen molar-refractivity contribution in [3.8, 4) is 39.1 Å². The quantitative estimate of drug-likeness (QED) is 0.241. The van der Waals surface area contributed by atoms with Crippen molar-refractivity contribution in [2.45, 2.75) is 0 Å². The van der Waals surface area contributed by atoms with Crippen LogP contribution in [-0.2, 0) is 0 Å². The molecule has 0 aliphatic carbocycles. The molecule has 39 heavy (non-hydrogen) atoms. The lowest BCUT2D eigenvalue weighted by atomic mass is 9.92. The molecule has 1 aliphatic heterocycles. The molecule has 1 aliphatic rings. The van der Waals surface area contributed by atoms with E-state index < -0.39 is 0 Å². The Morgan fingerprint density at radius 2 is 1.08 bits per heavy atom. The summed E-state index contributed by atoms with van der Waals surface area (Å²) in [6.45, 7) is 0.